The molecule has 90 valence electrons. The monoisotopic (exact) mass is 216 g/mol. The van der Waals surface area contributed by atoms with Gasteiger partial charge in [0.1, 0.15) is 0 Å². The third kappa shape index (κ3) is 5.47. The molecule has 0 bridgehead atoms. The van der Waals surface area contributed by atoms with Crippen LogP contribution in [-0.2, 0) is 4.74 Å². The number of hydrogen-bond acceptors (Lipinski definition) is 4. The summed E-state index contributed by atoms with van der Waals surface area (Å²) >= 11 is 0. The Morgan fingerprint density at radius 2 is 2.27 bits per heavy atom. The lowest BCUT2D eigenvalue weighted by Crippen LogP contribution is -2.43. The second-order valence-corrected chi connectivity index (χ2v) is 4.73. The van der Waals surface area contributed by atoms with Crippen LogP contribution in [0.25, 0.3) is 0 Å². The van der Waals surface area contributed by atoms with Gasteiger partial charge in [0, 0.05) is 25.7 Å². The van der Waals surface area contributed by atoms with E-state index in [9.17, 15) is 5.11 Å². The summed E-state index contributed by atoms with van der Waals surface area (Å²) in [4.78, 5) is 2.00. The summed E-state index contributed by atoms with van der Waals surface area (Å²) in [6.45, 7) is 4.33. The number of hydrogen-bond donors (Lipinski definition) is 2. The number of rotatable bonds is 5. The van der Waals surface area contributed by atoms with Crippen molar-refractivity contribution in [2.45, 2.75) is 38.0 Å². The van der Waals surface area contributed by atoms with Gasteiger partial charge in [-0.1, -0.05) is 0 Å². The first-order chi connectivity index (χ1) is 7.08. The molecule has 1 fully saturated rings. The molecule has 15 heavy (non-hydrogen) atoms. The molecule has 1 rings (SSSR count). The first-order valence-corrected chi connectivity index (χ1v) is 5.75. The quantitative estimate of drug-likeness (QED) is 0.682. The summed E-state index contributed by atoms with van der Waals surface area (Å²) in [6, 6.07) is 0.505. The Kier molecular flexibility index (Phi) is 5.53. The summed E-state index contributed by atoms with van der Waals surface area (Å²) in [5.41, 5.74) is 0. The highest BCUT2D eigenvalue weighted by molar-refractivity contribution is 4.76. The minimum absolute atomic E-state index is 0.279. The predicted octanol–water partition coefficient (Wildman–Crippen LogP) is 0.0660. The van der Waals surface area contributed by atoms with E-state index in [-0.39, 0.29) is 6.10 Å². The van der Waals surface area contributed by atoms with Crippen molar-refractivity contribution >= 4 is 0 Å². The summed E-state index contributed by atoms with van der Waals surface area (Å²) in [5, 5.41) is 13.1. The lowest BCUT2D eigenvalue weighted by Gasteiger charge is -2.29. The van der Waals surface area contributed by atoms with Crippen molar-refractivity contribution in [1.29, 1.82) is 0 Å². The Labute approximate surface area is 92.6 Å². The van der Waals surface area contributed by atoms with Gasteiger partial charge in [0.05, 0.1) is 12.2 Å². The Balaban J connectivity index is 2.13. The standard InChI is InChI=1S/C11H24N2O2/c1-9-6-10(4-5-15-9)12-7-11(14)8-13(2)3/h9-12,14H,4-8H2,1-3H3. The number of nitrogens with one attached hydrogen (secondary N) is 1. The molecule has 3 unspecified atom stereocenters. The minimum Gasteiger partial charge on any atom is -0.390 e. The lowest BCUT2D eigenvalue weighted by atomic mass is 10.0. The molecular weight excluding hydrogens is 192 g/mol. The van der Waals surface area contributed by atoms with Gasteiger partial charge in [-0.25, -0.2) is 0 Å². The Hall–Kier alpha value is -0.160. The topological polar surface area (TPSA) is 44.7 Å². The fourth-order valence-electron chi connectivity index (χ4n) is 1.97. The first-order valence-electron chi connectivity index (χ1n) is 5.75. The van der Waals surface area contributed by atoms with Crippen LogP contribution in [0.5, 0.6) is 0 Å². The van der Waals surface area contributed by atoms with Crippen LogP contribution in [0.2, 0.25) is 0 Å². The van der Waals surface area contributed by atoms with Crippen molar-refractivity contribution in [2.24, 2.45) is 0 Å². The van der Waals surface area contributed by atoms with E-state index >= 15 is 0 Å². The largest absolute Gasteiger partial charge is 0.390 e. The highest BCUT2D eigenvalue weighted by Gasteiger charge is 2.19. The van der Waals surface area contributed by atoms with E-state index in [0.29, 0.717) is 25.2 Å². The Bertz CT molecular complexity index is 176. The summed E-state index contributed by atoms with van der Waals surface area (Å²) in [5.74, 6) is 0. The van der Waals surface area contributed by atoms with Gasteiger partial charge in [0.25, 0.3) is 0 Å². The van der Waals surface area contributed by atoms with Gasteiger partial charge >= 0.3 is 0 Å². The van der Waals surface area contributed by atoms with E-state index in [1.807, 2.05) is 19.0 Å². The molecule has 1 heterocycles. The molecule has 1 saturated heterocycles. The molecule has 0 aromatic rings. The maximum Gasteiger partial charge on any atom is 0.0791 e. The van der Waals surface area contributed by atoms with E-state index in [4.69, 9.17) is 4.74 Å². The highest BCUT2D eigenvalue weighted by atomic mass is 16.5. The molecule has 0 amide bonds. The van der Waals surface area contributed by atoms with E-state index < -0.39 is 0 Å². The van der Waals surface area contributed by atoms with Crippen molar-refractivity contribution in [3.8, 4) is 0 Å². The number of aliphatic hydroxyl groups is 1. The third-order valence-corrected chi connectivity index (χ3v) is 2.70. The van der Waals surface area contributed by atoms with Crippen molar-refractivity contribution in [1.82, 2.24) is 10.2 Å². The molecule has 0 aromatic carbocycles. The lowest BCUT2D eigenvalue weighted by molar-refractivity contribution is 0.0104. The van der Waals surface area contributed by atoms with Gasteiger partial charge in [-0.15, -0.1) is 0 Å². The number of nitrogens with zero attached hydrogens (tertiary/aromatic N) is 1. The van der Waals surface area contributed by atoms with Crippen molar-refractivity contribution in [3.63, 3.8) is 0 Å². The predicted molar refractivity (Wildman–Crippen MR) is 61.0 cm³/mol. The summed E-state index contributed by atoms with van der Waals surface area (Å²) in [6.07, 6.45) is 2.17. The number of likely N-dealkylation sites (N-methyl/N-ethyl adjacent to an activating group) is 1. The van der Waals surface area contributed by atoms with Crippen LogP contribution in [0.15, 0.2) is 0 Å². The second-order valence-electron chi connectivity index (χ2n) is 4.73. The molecular formula is C11H24N2O2. The van der Waals surface area contributed by atoms with Gasteiger partial charge < -0.3 is 20.1 Å². The molecule has 0 saturated carbocycles. The molecule has 0 radical (unpaired) electrons. The van der Waals surface area contributed by atoms with Crippen LogP contribution < -0.4 is 5.32 Å². The van der Waals surface area contributed by atoms with Crippen molar-refractivity contribution < 1.29 is 9.84 Å². The zero-order valence-electron chi connectivity index (χ0n) is 10.1. The summed E-state index contributed by atoms with van der Waals surface area (Å²) < 4.78 is 5.47. The third-order valence-electron chi connectivity index (χ3n) is 2.70. The minimum atomic E-state index is -0.279. The Morgan fingerprint density at radius 3 is 2.87 bits per heavy atom. The van der Waals surface area contributed by atoms with Gasteiger partial charge in [-0.3, -0.25) is 0 Å². The average molecular weight is 216 g/mol. The number of ether oxygens (including phenoxy) is 1. The smallest absolute Gasteiger partial charge is 0.0791 e. The molecule has 4 nitrogen and oxygen atoms in total. The Morgan fingerprint density at radius 1 is 1.53 bits per heavy atom. The molecule has 4 heteroatoms. The zero-order valence-corrected chi connectivity index (χ0v) is 10.1. The van der Waals surface area contributed by atoms with Crippen LogP contribution in [0, 0.1) is 0 Å². The van der Waals surface area contributed by atoms with Crippen LogP contribution in [-0.4, -0.2) is 62.0 Å². The SMILES string of the molecule is CC1CC(NCC(O)CN(C)C)CCO1. The normalized spacial score (nSPS) is 29.4. The van der Waals surface area contributed by atoms with Crippen molar-refractivity contribution in [2.75, 3.05) is 33.8 Å². The molecule has 3 atom stereocenters. The average Bonchev–Trinajstić information content (AvgIpc) is 2.14. The second kappa shape index (κ2) is 6.43. The molecule has 1 aliphatic heterocycles. The van der Waals surface area contributed by atoms with E-state index in [2.05, 4.69) is 12.2 Å². The fraction of sp³-hybridized carbons (Fsp3) is 1.00. The molecule has 0 aliphatic carbocycles. The van der Waals surface area contributed by atoms with E-state index in [1.54, 1.807) is 0 Å². The molecule has 1 aliphatic rings. The van der Waals surface area contributed by atoms with E-state index in [0.717, 1.165) is 19.4 Å². The highest BCUT2D eigenvalue weighted by Crippen LogP contribution is 2.12. The maximum atomic E-state index is 9.68. The van der Waals surface area contributed by atoms with Gasteiger partial charge in [-0.05, 0) is 33.9 Å². The van der Waals surface area contributed by atoms with Crippen molar-refractivity contribution in [3.05, 3.63) is 0 Å². The van der Waals surface area contributed by atoms with Crippen LogP contribution in [0.1, 0.15) is 19.8 Å². The fourth-order valence-corrected chi connectivity index (χ4v) is 1.97. The molecule has 0 spiro atoms. The molecule has 2 N–H and O–H groups in total. The first kappa shape index (κ1) is 12.9. The van der Waals surface area contributed by atoms with Crippen LogP contribution in [0.4, 0.5) is 0 Å². The summed E-state index contributed by atoms with van der Waals surface area (Å²) in [7, 11) is 3.94. The van der Waals surface area contributed by atoms with Crippen LogP contribution in [0.3, 0.4) is 0 Å². The zero-order chi connectivity index (χ0) is 11.3. The maximum absolute atomic E-state index is 9.68. The molecule has 0 aromatic heterocycles. The van der Waals surface area contributed by atoms with Gasteiger partial charge in [0.15, 0.2) is 0 Å². The van der Waals surface area contributed by atoms with E-state index in [1.165, 1.54) is 0 Å². The van der Waals surface area contributed by atoms with Gasteiger partial charge in [-0.2, -0.15) is 0 Å². The van der Waals surface area contributed by atoms with Crippen LogP contribution >= 0.6 is 0 Å². The number of aliphatic hydroxyl groups excluding tert-OH is 1. The van der Waals surface area contributed by atoms with Gasteiger partial charge in [0.2, 0.25) is 0 Å².